The van der Waals surface area contributed by atoms with Gasteiger partial charge in [0.1, 0.15) is 29.6 Å². The van der Waals surface area contributed by atoms with Crippen LogP contribution in [0.1, 0.15) is 50.3 Å². The number of anilines is 1. The van der Waals surface area contributed by atoms with Crippen LogP contribution in [0, 0.1) is 0 Å². The van der Waals surface area contributed by atoms with Crippen molar-refractivity contribution < 1.29 is 43.3 Å². The molecule has 3 rings (SSSR count). The number of H-pyrrole nitrogens is 1. The van der Waals surface area contributed by atoms with E-state index >= 15 is 0 Å². The zero-order chi connectivity index (χ0) is 27.9. The van der Waals surface area contributed by atoms with Gasteiger partial charge in [0.15, 0.2) is 12.4 Å². The van der Waals surface area contributed by atoms with Crippen LogP contribution in [-0.4, -0.2) is 75.5 Å². The molecule has 14 nitrogen and oxygen atoms in total. The van der Waals surface area contributed by atoms with Crippen molar-refractivity contribution >= 4 is 31.6 Å². The largest absolute Gasteiger partial charge is 0.507 e. The summed E-state index contributed by atoms with van der Waals surface area (Å²) in [5.74, 6) is -0.216. The lowest BCUT2D eigenvalue weighted by molar-refractivity contribution is -0.118. The second-order valence-corrected chi connectivity index (χ2v) is 10.7. The fourth-order valence-corrected chi connectivity index (χ4v) is 4.17. The number of methoxy groups -OCH3 is 1. The lowest BCUT2D eigenvalue weighted by Gasteiger charge is -2.14. The topological polar surface area (TPSA) is 205 Å². The minimum absolute atomic E-state index is 0.00961. The smallest absolute Gasteiger partial charge is 0.407 e. The molecule has 2 atom stereocenters. The molecule has 6 N–H and O–H groups in total. The molecular weight excluding hydrogens is 521 g/mol. The van der Waals surface area contributed by atoms with Gasteiger partial charge in [0.2, 0.25) is 0 Å². The van der Waals surface area contributed by atoms with E-state index in [0.717, 1.165) is 24.8 Å². The molecule has 0 saturated heterocycles. The second-order valence-electron chi connectivity index (χ2n) is 9.06. The number of rotatable bonds is 11. The van der Waals surface area contributed by atoms with Crippen molar-refractivity contribution in [2.24, 2.45) is 4.99 Å². The van der Waals surface area contributed by atoms with E-state index in [2.05, 4.69) is 25.8 Å². The summed E-state index contributed by atoms with van der Waals surface area (Å²) >= 11 is 0. The summed E-state index contributed by atoms with van der Waals surface area (Å²) in [6.07, 6.45) is 1.78. The summed E-state index contributed by atoms with van der Waals surface area (Å²) < 4.78 is 27.1. The minimum Gasteiger partial charge on any atom is -0.507 e. The molecule has 2 unspecified atom stereocenters. The number of nitrogens with one attached hydrogen (secondary N) is 3. The van der Waals surface area contributed by atoms with Gasteiger partial charge in [0, 0.05) is 42.1 Å². The highest BCUT2D eigenvalue weighted by molar-refractivity contribution is 7.51. The summed E-state index contributed by atoms with van der Waals surface area (Å²) in [5.41, 5.74) is 0.826. The molecule has 208 valence electrons. The first-order valence-electron chi connectivity index (χ1n) is 11.8. The summed E-state index contributed by atoms with van der Waals surface area (Å²) in [6.45, 7) is 3.25. The van der Waals surface area contributed by atoms with Gasteiger partial charge in [-0.05, 0) is 33.1 Å². The van der Waals surface area contributed by atoms with Crippen molar-refractivity contribution in [3.8, 4) is 17.2 Å². The van der Waals surface area contributed by atoms with Gasteiger partial charge in [-0.1, -0.05) is 0 Å². The fourth-order valence-electron chi connectivity index (χ4n) is 3.88. The van der Waals surface area contributed by atoms with Crippen LogP contribution in [0.5, 0.6) is 17.2 Å². The van der Waals surface area contributed by atoms with E-state index in [4.69, 9.17) is 24.0 Å². The average molecular weight is 554 g/mol. The molecule has 15 heteroatoms. The molecule has 1 aliphatic rings. The van der Waals surface area contributed by atoms with Crippen LogP contribution in [-0.2, 0) is 14.1 Å². The summed E-state index contributed by atoms with van der Waals surface area (Å²) in [4.78, 5) is 45.9. The number of benzene rings is 1. The number of ether oxygens (including phenoxy) is 3. The Balaban J connectivity index is 1.57. The van der Waals surface area contributed by atoms with E-state index in [1.165, 1.54) is 19.2 Å². The number of carbonyl (C=O) groups excluding carboxylic acids is 2. The maximum absolute atomic E-state index is 12.5. The molecule has 1 saturated carbocycles. The average Bonchev–Trinajstić information content (AvgIpc) is 3.47. The van der Waals surface area contributed by atoms with E-state index in [1.807, 2.05) is 13.8 Å². The van der Waals surface area contributed by atoms with E-state index in [-0.39, 0.29) is 46.7 Å². The Morgan fingerprint density at radius 2 is 2.05 bits per heavy atom. The number of aromatic hydroxyl groups is 1. The monoisotopic (exact) mass is 553 g/mol. The lowest BCUT2D eigenvalue weighted by Crippen LogP contribution is -2.33. The van der Waals surface area contributed by atoms with E-state index in [9.17, 15) is 19.3 Å². The molecule has 1 aromatic heterocycles. The van der Waals surface area contributed by atoms with Crippen LogP contribution in [0.3, 0.4) is 0 Å². The zero-order valence-electron chi connectivity index (χ0n) is 21.2. The van der Waals surface area contributed by atoms with Crippen LogP contribution < -0.4 is 20.1 Å². The Hall–Kier alpha value is -3.61. The number of nitrogens with zero attached hydrogens (tertiary/aromatic N) is 2. The maximum atomic E-state index is 12.5. The third-order valence-electron chi connectivity index (χ3n) is 5.54. The number of alkyl carbamates (subject to hydrolysis) is 1. The van der Waals surface area contributed by atoms with Crippen LogP contribution in [0.4, 0.5) is 10.6 Å². The van der Waals surface area contributed by atoms with Gasteiger partial charge in [-0.3, -0.25) is 19.5 Å². The Labute approximate surface area is 218 Å². The van der Waals surface area contributed by atoms with Gasteiger partial charge in [-0.2, -0.15) is 5.10 Å². The number of hydrogen-bond donors (Lipinski definition) is 6. The molecular formula is C23H32N5O9P. The second kappa shape index (κ2) is 12.8. The Bertz CT molecular complexity index is 1210. The Morgan fingerprint density at radius 3 is 2.74 bits per heavy atom. The number of aromatic nitrogens is 2. The van der Waals surface area contributed by atoms with Crippen molar-refractivity contribution in [2.75, 3.05) is 25.3 Å². The highest BCUT2D eigenvalue weighted by Gasteiger charge is 2.30. The summed E-state index contributed by atoms with van der Waals surface area (Å²) in [6, 6.07) is 4.37. The molecule has 1 fully saturated rings. The van der Waals surface area contributed by atoms with Crippen molar-refractivity contribution in [1.82, 2.24) is 15.5 Å². The lowest BCUT2D eigenvalue weighted by atomic mass is 10.0. The van der Waals surface area contributed by atoms with Crippen molar-refractivity contribution in [1.29, 1.82) is 0 Å². The van der Waals surface area contributed by atoms with Gasteiger partial charge in [-0.15, -0.1) is 0 Å². The fraction of sp³-hybridized carbons (Fsp3) is 0.478. The number of hydrogen-bond acceptors (Lipinski definition) is 9. The van der Waals surface area contributed by atoms with Crippen molar-refractivity contribution in [2.45, 2.75) is 51.2 Å². The molecule has 0 aliphatic heterocycles. The first-order chi connectivity index (χ1) is 17.9. The number of aliphatic imine (C=N–C) groups is 1. The molecule has 2 aromatic rings. The number of amides is 2. The SMILES string of the molecule is COc1cc(O)c(/C=N/CP(=O)(O)O)c(OCC(=O)Nc2cc(C3CCC(OC(=O)NC(C)C)C3)[nH]n2)c1. The van der Waals surface area contributed by atoms with Gasteiger partial charge in [-0.25, -0.2) is 4.79 Å². The van der Waals surface area contributed by atoms with E-state index in [1.54, 1.807) is 6.07 Å². The first kappa shape index (κ1) is 29.0. The summed E-state index contributed by atoms with van der Waals surface area (Å²) in [7, 11) is -3.01. The van der Waals surface area contributed by atoms with Crippen molar-refractivity contribution in [3.05, 3.63) is 29.5 Å². The third kappa shape index (κ3) is 8.75. The van der Waals surface area contributed by atoms with E-state index < -0.39 is 32.5 Å². The summed E-state index contributed by atoms with van der Waals surface area (Å²) in [5, 5.41) is 22.6. The number of carbonyl (C=O) groups is 2. The van der Waals surface area contributed by atoms with Crippen LogP contribution in [0.2, 0.25) is 0 Å². The normalized spacial score (nSPS) is 17.5. The predicted octanol–water partition coefficient (Wildman–Crippen LogP) is 2.47. The number of phenols is 1. The Kier molecular flexibility index (Phi) is 9.72. The molecule has 0 spiro atoms. The standard InChI is InChI=1S/C23H32N5O9P/c1-13(2)25-23(31)37-15-5-4-14(6-15)18-9-21(28-27-18)26-22(30)11-36-20-8-16(35-3)7-19(29)17(20)10-24-12-38(32,33)34/h7-10,13-15,29H,4-6,11-12H2,1-3H3,(H,25,31)(H2,32,33,34)(H2,26,27,28,30)/b24-10+. The highest BCUT2D eigenvalue weighted by Crippen LogP contribution is 2.37. The zero-order valence-corrected chi connectivity index (χ0v) is 22.1. The molecule has 38 heavy (non-hydrogen) atoms. The number of phenolic OH excluding ortho intramolecular Hbond substituents is 1. The molecule has 2 amide bonds. The van der Waals surface area contributed by atoms with Gasteiger partial charge in [0.25, 0.3) is 5.91 Å². The van der Waals surface area contributed by atoms with Gasteiger partial charge >= 0.3 is 13.7 Å². The molecule has 0 radical (unpaired) electrons. The Morgan fingerprint density at radius 1 is 1.29 bits per heavy atom. The molecule has 1 aromatic carbocycles. The highest BCUT2D eigenvalue weighted by atomic mass is 31.2. The van der Waals surface area contributed by atoms with Crippen LogP contribution in [0.15, 0.2) is 23.2 Å². The first-order valence-corrected chi connectivity index (χ1v) is 13.6. The molecule has 1 aliphatic carbocycles. The molecule has 1 heterocycles. The maximum Gasteiger partial charge on any atom is 0.407 e. The van der Waals surface area contributed by atoms with Crippen molar-refractivity contribution in [3.63, 3.8) is 0 Å². The van der Waals surface area contributed by atoms with Gasteiger partial charge < -0.3 is 39.7 Å². The van der Waals surface area contributed by atoms with Crippen LogP contribution in [0.25, 0.3) is 0 Å². The number of aromatic amines is 1. The van der Waals surface area contributed by atoms with Crippen LogP contribution >= 0.6 is 7.60 Å². The third-order valence-corrected chi connectivity index (χ3v) is 6.08. The quantitative estimate of drug-likeness (QED) is 0.177. The van der Waals surface area contributed by atoms with E-state index in [0.29, 0.717) is 6.42 Å². The minimum atomic E-state index is -4.38. The van der Waals surface area contributed by atoms with Gasteiger partial charge in [0.05, 0.1) is 12.7 Å². The molecule has 0 bridgehead atoms. The predicted molar refractivity (Wildman–Crippen MR) is 137 cm³/mol.